The van der Waals surface area contributed by atoms with Crippen molar-refractivity contribution in [2.75, 3.05) is 18.0 Å². The van der Waals surface area contributed by atoms with E-state index in [2.05, 4.69) is 19.6 Å². The van der Waals surface area contributed by atoms with Gasteiger partial charge in [0.15, 0.2) is 0 Å². The van der Waals surface area contributed by atoms with Gasteiger partial charge in [-0.05, 0) is 30.4 Å². The summed E-state index contributed by atoms with van der Waals surface area (Å²) in [6.07, 6.45) is 4.02. The maximum Gasteiger partial charge on any atom is 0.250 e. The lowest BCUT2D eigenvalue weighted by Gasteiger charge is -2.16. The van der Waals surface area contributed by atoms with Crippen molar-refractivity contribution in [1.82, 2.24) is 14.7 Å². The van der Waals surface area contributed by atoms with Gasteiger partial charge in [-0.2, -0.15) is 0 Å². The van der Waals surface area contributed by atoms with E-state index in [-0.39, 0.29) is 6.54 Å². The highest BCUT2D eigenvalue weighted by Gasteiger charge is 2.17. The molecule has 21 heavy (non-hydrogen) atoms. The molecular weight excluding hydrogens is 308 g/mol. The summed E-state index contributed by atoms with van der Waals surface area (Å²) >= 11 is 1.19. The van der Waals surface area contributed by atoms with Crippen molar-refractivity contribution in [2.24, 2.45) is 0 Å². The first kappa shape index (κ1) is 14.4. The van der Waals surface area contributed by atoms with Crippen molar-refractivity contribution >= 4 is 27.2 Å². The molecule has 1 saturated heterocycles. The van der Waals surface area contributed by atoms with Crippen LogP contribution in [0.25, 0.3) is 0 Å². The van der Waals surface area contributed by atoms with Gasteiger partial charge in [-0.15, -0.1) is 11.3 Å². The number of rotatable bonds is 5. The van der Waals surface area contributed by atoms with Crippen molar-refractivity contribution in [1.29, 1.82) is 0 Å². The van der Waals surface area contributed by atoms with Gasteiger partial charge in [-0.1, -0.05) is 6.07 Å². The second kappa shape index (κ2) is 6.08. The molecule has 2 aromatic heterocycles. The minimum atomic E-state index is -3.47. The summed E-state index contributed by atoms with van der Waals surface area (Å²) in [5.74, 6) is 1.35. The van der Waals surface area contributed by atoms with Gasteiger partial charge in [0, 0.05) is 19.3 Å². The van der Waals surface area contributed by atoms with Gasteiger partial charge in [0.1, 0.15) is 15.9 Å². The number of hydrogen-bond donors (Lipinski definition) is 1. The number of hydrogen-bond acceptors (Lipinski definition) is 6. The van der Waals surface area contributed by atoms with Crippen LogP contribution >= 0.6 is 11.3 Å². The molecule has 0 saturated carbocycles. The van der Waals surface area contributed by atoms with E-state index in [0.717, 1.165) is 18.9 Å². The smallest absolute Gasteiger partial charge is 0.250 e. The molecule has 112 valence electrons. The molecule has 3 rings (SSSR count). The number of aromatic nitrogens is 2. The minimum Gasteiger partial charge on any atom is -0.357 e. The fourth-order valence-electron chi connectivity index (χ4n) is 2.24. The molecule has 0 unspecified atom stereocenters. The molecule has 0 aliphatic carbocycles. The Morgan fingerprint density at radius 2 is 2.10 bits per heavy atom. The lowest BCUT2D eigenvalue weighted by Crippen LogP contribution is -2.25. The van der Waals surface area contributed by atoms with Crippen LogP contribution in [0, 0.1) is 0 Å². The third kappa shape index (κ3) is 3.39. The van der Waals surface area contributed by atoms with E-state index in [9.17, 15) is 8.42 Å². The SMILES string of the molecule is O=S(=O)(NCc1nccc(N2CCCC2)n1)c1cccs1. The minimum absolute atomic E-state index is 0.0991. The number of thiophene rings is 1. The molecular formula is C13H16N4O2S2. The summed E-state index contributed by atoms with van der Waals surface area (Å²) in [5.41, 5.74) is 0. The standard InChI is InChI=1S/C13H16N4O2S2/c18-21(19,13-4-3-9-20-13)15-10-11-14-6-5-12(16-11)17-7-1-2-8-17/h3-6,9,15H,1-2,7-8,10H2. The van der Waals surface area contributed by atoms with Crippen LogP contribution in [0.4, 0.5) is 5.82 Å². The predicted octanol–water partition coefficient (Wildman–Crippen LogP) is 1.62. The second-order valence-electron chi connectivity index (χ2n) is 4.78. The van der Waals surface area contributed by atoms with Crippen molar-refractivity contribution in [3.05, 3.63) is 35.6 Å². The number of nitrogens with zero attached hydrogens (tertiary/aromatic N) is 3. The van der Waals surface area contributed by atoms with Crippen LogP contribution in [0.5, 0.6) is 0 Å². The Morgan fingerprint density at radius 1 is 1.29 bits per heavy atom. The second-order valence-corrected chi connectivity index (χ2v) is 7.72. The van der Waals surface area contributed by atoms with E-state index >= 15 is 0 Å². The Bertz CT molecular complexity index is 695. The van der Waals surface area contributed by atoms with Crippen LogP contribution in [-0.2, 0) is 16.6 Å². The van der Waals surface area contributed by atoms with Crippen LogP contribution in [-0.4, -0.2) is 31.5 Å². The van der Waals surface area contributed by atoms with Gasteiger partial charge in [0.05, 0.1) is 6.54 Å². The van der Waals surface area contributed by atoms with Gasteiger partial charge in [0.25, 0.3) is 0 Å². The molecule has 0 bridgehead atoms. The highest BCUT2D eigenvalue weighted by atomic mass is 32.2. The zero-order chi connectivity index (χ0) is 14.7. The number of anilines is 1. The van der Waals surface area contributed by atoms with Gasteiger partial charge in [-0.3, -0.25) is 0 Å². The van der Waals surface area contributed by atoms with Gasteiger partial charge in [0.2, 0.25) is 10.0 Å². The maximum atomic E-state index is 12.0. The quantitative estimate of drug-likeness (QED) is 0.904. The monoisotopic (exact) mass is 324 g/mol. The van der Waals surface area contributed by atoms with E-state index in [0.29, 0.717) is 10.0 Å². The van der Waals surface area contributed by atoms with Crippen molar-refractivity contribution in [3.63, 3.8) is 0 Å². The summed E-state index contributed by atoms with van der Waals surface area (Å²) in [6.45, 7) is 2.09. The summed E-state index contributed by atoms with van der Waals surface area (Å²) in [6, 6.07) is 5.15. The predicted molar refractivity (Wildman–Crippen MR) is 81.8 cm³/mol. The zero-order valence-electron chi connectivity index (χ0n) is 11.4. The Labute approximate surface area is 127 Å². The Kier molecular flexibility index (Phi) is 4.18. The third-order valence-corrected chi connectivity index (χ3v) is 6.10. The summed E-state index contributed by atoms with van der Waals surface area (Å²) in [5, 5.41) is 1.74. The molecule has 3 heterocycles. The molecule has 0 amide bonds. The lowest BCUT2D eigenvalue weighted by atomic mass is 10.4. The van der Waals surface area contributed by atoms with E-state index in [1.165, 1.54) is 24.2 Å². The van der Waals surface area contributed by atoms with E-state index in [1.807, 2.05) is 6.07 Å². The van der Waals surface area contributed by atoms with Crippen LogP contribution in [0.3, 0.4) is 0 Å². The molecule has 1 fully saturated rings. The molecule has 0 aromatic carbocycles. The zero-order valence-corrected chi connectivity index (χ0v) is 13.0. The summed E-state index contributed by atoms with van der Waals surface area (Å²) in [4.78, 5) is 10.8. The van der Waals surface area contributed by atoms with E-state index < -0.39 is 10.0 Å². The van der Waals surface area contributed by atoms with Crippen molar-refractivity contribution in [3.8, 4) is 0 Å². The van der Waals surface area contributed by atoms with Crippen LogP contribution in [0.1, 0.15) is 18.7 Å². The molecule has 8 heteroatoms. The normalized spacial score (nSPS) is 15.5. The lowest BCUT2D eigenvalue weighted by molar-refractivity contribution is 0.581. The van der Waals surface area contributed by atoms with E-state index in [4.69, 9.17) is 0 Å². The topological polar surface area (TPSA) is 75.2 Å². The van der Waals surface area contributed by atoms with Crippen LogP contribution < -0.4 is 9.62 Å². The molecule has 1 aliphatic heterocycles. The van der Waals surface area contributed by atoms with Crippen LogP contribution in [0.15, 0.2) is 34.0 Å². The molecule has 2 aromatic rings. The Morgan fingerprint density at radius 3 is 2.81 bits per heavy atom. The summed E-state index contributed by atoms with van der Waals surface area (Å²) < 4.78 is 26.9. The highest BCUT2D eigenvalue weighted by Crippen LogP contribution is 2.18. The van der Waals surface area contributed by atoms with Gasteiger partial charge >= 0.3 is 0 Å². The third-order valence-electron chi connectivity index (χ3n) is 3.30. The highest BCUT2D eigenvalue weighted by molar-refractivity contribution is 7.91. The molecule has 1 aliphatic rings. The first-order valence-corrected chi connectivity index (χ1v) is 9.11. The molecule has 0 spiro atoms. The Balaban J connectivity index is 1.69. The number of sulfonamides is 1. The molecule has 0 atom stereocenters. The van der Waals surface area contributed by atoms with Gasteiger partial charge in [-0.25, -0.2) is 23.1 Å². The fraction of sp³-hybridized carbons (Fsp3) is 0.385. The first-order valence-electron chi connectivity index (χ1n) is 6.75. The molecule has 1 N–H and O–H groups in total. The average molecular weight is 324 g/mol. The molecule has 6 nitrogen and oxygen atoms in total. The largest absolute Gasteiger partial charge is 0.357 e. The van der Waals surface area contributed by atoms with Crippen molar-refractivity contribution < 1.29 is 8.42 Å². The Hall–Kier alpha value is -1.51. The van der Waals surface area contributed by atoms with E-state index in [1.54, 1.807) is 23.7 Å². The summed E-state index contributed by atoms with van der Waals surface area (Å²) in [7, 11) is -3.47. The van der Waals surface area contributed by atoms with Crippen molar-refractivity contribution in [2.45, 2.75) is 23.6 Å². The average Bonchev–Trinajstić information content (AvgIpc) is 3.18. The first-order chi connectivity index (χ1) is 10.1. The van der Waals surface area contributed by atoms with Gasteiger partial charge < -0.3 is 4.90 Å². The van der Waals surface area contributed by atoms with Crippen LogP contribution in [0.2, 0.25) is 0 Å². The fourth-order valence-corrected chi connectivity index (χ4v) is 4.26. The number of nitrogens with one attached hydrogen (secondary N) is 1. The molecule has 0 radical (unpaired) electrons. The maximum absolute atomic E-state index is 12.0.